The van der Waals surface area contributed by atoms with E-state index in [1.54, 1.807) is 12.4 Å². The molecule has 1 aromatic carbocycles. The molecule has 3 aromatic rings. The highest BCUT2D eigenvalue weighted by Gasteiger charge is 2.18. The molecule has 0 aliphatic rings. The highest BCUT2D eigenvalue weighted by atomic mass is 16.5. The molecule has 0 saturated heterocycles. The minimum Gasteiger partial charge on any atom is -0.504 e. The smallest absolute Gasteiger partial charge is 0.227 e. The zero-order valence-corrected chi connectivity index (χ0v) is 17.2. The molecule has 0 radical (unpaired) electrons. The van der Waals surface area contributed by atoms with Gasteiger partial charge in [-0.05, 0) is 18.9 Å². The van der Waals surface area contributed by atoms with E-state index < -0.39 is 0 Å². The van der Waals surface area contributed by atoms with E-state index in [1.165, 1.54) is 7.11 Å². The first-order valence-electron chi connectivity index (χ1n) is 9.67. The van der Waals surface area contributed by atoms with Gasteiger partial charge in [0.05, 0.1) is 26.1 Å². The summed E-state index contributed by atoms with van der Waals surface area (Å²) >= 11 is 0. The van der Waals surface area contributed by atoms with Gasteiger partial charge in [-0.3, -0.25) is 0 Å². The number of phenols is 1. The SMILES string of the molecule is CCn1cnc2c(NCc3cccc(OC)c3O)nc(NC(CO)C(C)C)nc21. The van der Waals surface area contributed by atoms with Gasteiger partial charge >= 0.3 is 0 Å². The molecule has 0 bridgehead atoms. The number of aryl methyl sites for hydroxylation is 1. The van der Waals surface area contributed by atoms with Crippen LogP contribution >= 0.6 is 0 Å². The molecule has 2 aromatic heterocycles. The maximum absolute atomic E-state index is 10.3. The molecule has 0 aliphatic carbocycles. The van der Waals surface area contributed by atoms with Gasteiger partial charge in [0.15, 0.2) is 28.5 Å². The highest BCUT2D eigenvalue weighted by Crippen LogP contribution is 2.30. The Morgan fingerprint density at radius 3 is 2.69 bits per heavy atom. The molecule has 1 unspecified atom stereocenters. The summed E-state index contributed by atoms with van der Waals surface area (Å²) in [7, 11) is 1.52. The predicted molar refractivity (Wildman–Crippen MR) is 112 cm³/mol. The van der Waals surface area contributed by atoms with Crippen molar-refractivity contribution in [3.63, 3.8) is 0 Å². The molecule has 0 saturated carbocycles. The lowest BCUT2D eigenvalue weighted by Crippen LogP contribution is -2.30. The van der Waals surface area contributed by atoms with Gasteiger partial charge in [-0.15, -0.1) is 0 Å². The molecule has 0 spiro atoms. The second kappa shape index (κ2) is 8.95. The van der Waals surface area contributed by atoms with Gasteiger partial charge in [-0.1, -0.05) is 26.0 Å². The van der Waals surface area contributed by atoms with Gasteiger partial charge in [0, 0.05) is 18.7 Å². The van der Waals surface area contributed by atoms with E-state index in [4.69, 9.17) is 4.74 Å². The van der Waals surface area contributed by atoms with Crippen LogP contribution in [0, 0.1) is 5.92 Å². The standard InChI is InChI=1S/C20H28N6O3/c1-5-26-11-22-16-18(21-9-13-7-6-8-15(29-4)17(13)28)24-20(25-19(16)26)23-14(10-27)12(2)3/h6-8,11-12,14,27-28H,5,9-10H2,1-4H3,(H2,21,23,24,25). The second-order valence-electron chi connectivity index (χ2n) is 7.10. The Bertz CT molecular complexity index is 972. The Labute approximate surface area is 169 Å². The number of imidazole rings is 1. The molecular weight excluding hydrogens is 372 g/mol. The number of aromatic hydroxyl groups is 1. The molecule has 0 amide bonds. The van der Waals surface area contributed by atoms with Crippen LogP contribution in [-0.2, 0) is 13.1 Å². The van der Waals surface area contributed by atoms with Gasteiger partial charge in [-0.2, -0.15) is 9.97 Å². The van der Waals surface area contributed by atoms with Crippen LogP contribution in [0.1, 0.15) is 26.3 Å². The highest BCUT2D eigenvalue weighted by molar-refractivity contribution is 5.84. The van der Waals surface area contributed by atoms with Crippen molar-refractivity contribution in [1.29, 1.82) is 0 Å². The third-order valence-corrected chi connectivity index (χ3v) is 4.87. The van der Waals surface area contributed by atoms with E-state index in [2.05, 4.69) is 25.6 Å². The van der Waals surface area contributed by atoms with Crippen LogP contribution in [0.2, 0.25) is 0 Å². The average Bonchev–Trinajstić information content (AvgIpc) is 3.14. The first kappa shape index (κ1) is 20.7. The number of benzene rings is 1. The summed E-state index contributed by atoms with van der Waals surface area (Å²) in [4.78, 5) is 13.6. The maximum Gasteiger partial charge on any atom is 0.227 e. The fourth-order valence-corrected chi connectivity index (χ4v) is 3.01. The molecule has 0 fully saturated rings. The number of aliphatic hydroxyl groups is 1. The summed E-state index contributed by atoms with van der Waals surface area (Å²) in [5.74, 6) is 1.67. The van der Waals surface area contributed by atoms with E-state index in [9.17, 15) is 10.2 Å². The van der Waals surface area contributed by atoms with Crippen molar-refractivity contribution in [3.05, 3.63) is 30.1 Å². The Morgan fingerprint density at radius 1 is 1.24 bits per heavy atom. The zero-order chi connectivity index (χ0) is 21.0. The number of nitrogens with one attached hydrogen (secondary N) is 2. The number of hydrogen-bond acceptors (Lipinski definition) is 8. The number of para-hydroxylation sites is 1. The van der Waals surface area contributed by atoms with E-state index in [1.807, 2.05) is 37.5 Å². The van der Waals surface area contributed by atoms with Gasteiger partial charge < -0.3 is 30.2 Å². The number of nitrogens with zero attached hydrogens (tertiary/aromatic N) is 4. The number of methoxy groups -OCH3 is 1. The largest absolute Gasteiger partial charge is 0.504 e. The zero-order valence-electron chi connectivity index (χ0n) is 17.2. The normalized spacial score (nSPS) is 12.3. The molecule has 0 aliphatic heterocycles. The average molecular weight is 400 g/mol. The van der Waals surface area contributed by atoms with E-state index >= 15 is 0 Å². The molecule has 2 heterocycles. The fourth-order valence-electron chi connectivity index (χ4n) is 3.01. The number of rotatable bonds is 9. The molecule has 1 atom stereocenters. The number of anilines is 2. The number of phenolic OH excluding ortho intramolecular Hbond substituents is 1. The summed E-state index contributed by atoms with van der Waals surface area (Å²) < 4.78 is 7.10. The van der Waals surface area contributed by atoms with Gasteiger partial charge in [0.25, 0.3) is 0 Å². The molecule has 9 heteroatoms. The first-order chi connectivity index (χ1) is 14.0. The maximum atomic E-state index is 10.3. The number of hydrogen-bond donors (Lipinski definition) is 4. The predicted octanol–water partition coefficient (Wildman–Crippen LogP) is 2.60. The molecule has 9 nitrogen and oxygen atoms in total. The van der Waals surface area contributed by atoms with Crippen molar-refractivity contribution in [2.45, 2.75) is 39.9 Å². The Morgan fingerprint density at radius 2 is 2.03 bits per heavy atom. The van der Waals surface area contributed by atoms with Crippen LogP contribution in [0.15, 0.2) is 24.5 Å². The van der Waals surface area contributed by atoms with Crippen molar-refractivity contribution in [1.82, 2.24) is 19.5 Å². The number of fused-ring (bicyclic) bond motifs is 1. The molecule has 4 N–H and O–H groups in total. The van der Waals surface area contributed by atoms with Crippen LogP contribution in [0.4, 0.5) is 11.8 Å². The minimum absolute atomic E-state index is 0.0213. The summed E-state index contributed by atoms with van der Waals surface area (Å²) in [6.45, 7) is 7.09. The lowest BCUT2D eigenvalue weighted by molar-refractivity contribution is 0.248. The molecular formula is C20H28N6O3. The van der Waals surface area contributed by atoms with Crippen LogP contribution in [0.5, 0.6) is 11.5 Å². The van der Waals surface area contributed by atoms with E-state index in [0.29, 0.717) is 40.8 Å². The van der Waals surface area contributed by atoms with Crippen LogP contribution in [0.3, 0.4) is 0 Å². The second-order valence-corrected chi connectivity index (χ2v) is 7.10. The third kappa shape index (κ3) is 4.34. The van der Waals surface area contributed by atoms with Crippen molar-refractivity contribution in [2.75, 3.05) is 24.4 Å². The van der Waals surface area contributed by atoms with Crippen LogP contribution < -0.4 is 15.4 Å². The Hall–Kier alpha value is -3.07. The molecule has 29 heavy (non-hydrogen) atoms. The summed E-state index contributed by atoms with van der Waals surface area (Å²) in [6.07, 6.45) is 1.73. The van der Waals surface area contributed by atoms with Crippen molar-refractivity contribution >= 4 is 22.9 Å². The monoisotopic (exact) mass is 400 g/mol. The molecule has 156 valence electrons. The van der Waals surface area contributed by atoms with Crippen molar-refractivity contribution < 1.29 is 14.9 Å². The topological polar surface area (TPSA) is 117 Å². The third-order valence-electron chi connectivity index (χ3n) is 4.87. The minimum atomic E-state index is -0.166. The van der Waals surface area contributed by atoms with Crippen molar-refractivity contribution in [3.8, 4) is 11.5 Å². The summed E-state index contributed by atoms with van der Waals surface area (Å²) in [5.41, 5.74) is 2.02. The fraction of sp³-hybridized carbons (Fsp3) is 0.450. The number of ether oxygens (including phenoxy) is 1. The van der Waals surface area contributed by atoms with Crippen LogP contribution in [-0.4, -0.2) is 49.5 Å². The van der Waals surface area contributed by atoms with E-state index in [-0.39, 0.29) is 24.3 Å². The molecule has 3 rings (SSSR count). The van der Waals surface area contributed by atoms with Crippen LogP contribution in [0.25, 0.3) is 11.2 Å². The number of aliphatic hydroxyl groups excluding tert-OH is 1. The summed E-state index contributed by atoms with van der Waals surface area (Å²) in [6, 6.07) is 5.17. The van der Waals surface area contributed by atoms with Gasteiger partial charge in [0.2, 0.25) is 5.95 Å². The Balaban J connectivity index is 1.94. The summed E-state index contributed by atoms with van der Waals surface area (Å²) in [5, 5.41) is 26.4. The lowest BCUT2D eigenvalue weighted by Gasteiger charge is -2.20. The van der Waals surface area contributed by atoms with Gasteiger partial charge in [-0.25, -0.2) is 4.98 Å². The van der Waals surface area contributed by atoms with E-state index in [0.717, 1.165) is 6.54 Å². The van der Waals surface area contributed by atoms with Crippen molar-refractivity contribution in [2.24, 2.45) is 5.92 Å². The lowest BCUT2D eigenvalue weighted by atomic mass is 10.1. The first-order valence-corrected chi connectivity index (χ1v) is 9.67. The quantitative estimate of drug-likeness (QED) is 0.433. The van der Waals surface area contributed by atoms with Gasteiger partial charge in [0.1, 0.15) is 0 Å². The number of aromatic nitrogens is 4. The Kier molecular flexibility index (Phi) is 6.38.